The summed E-state index contributed by atoms with van der Waals surface area (Å²) in [6.45, 7) is 10.5. The van der Waals surface area contributed by atoms with E-state index < -0.39 is 11.6 Å². The van der Waals surface area contributed by atoms with Crippen LogP contribution < -0.4 is 10.1 Å². The van der Waals surface area contributed by atoms with E-state index in [1.807, 2.05) is 0 Å². The molecule has 5 nitrogen and oxygen atoms in total. The minimum absolute atomic E-state index is 0.134. The van der Waals surface area contributed by atoms with Crippen molar-refractivity contribution < 1.29 is 18.3 Å². The van der Waals surface area contributed by atoms with Gasteiger partial charge in [0.2, 0.25) is 0 Å². The van der Waals surface area contributed by atoms with Crippen LogP contribution in [-0.2, 0) is 0 Å². The fourth-order valence-electron chi connectivity index (χ4n) is 4.37. The molecular formula is C27H37F2N3O2. The highest BCUT2D eigenvalue weighted by Crippen LogP contribution is 2.34. The normalized spacial score (nSPS) is 15.3. The summed E-state index contributed by atoms with van der Waals surface area (Å²) in [4.78, 5) is 16.8. The zero-order valence-corrected chi connectivity index (χ0v) is 21.0. The lowest BCUT2D eigenvalue weighted by atomic mass is 9.91. The number of nitrogens with one attached hydrogen (secondary N) is 1. The third-order valence-electron chi connectivity index (χ3n) is 6.75. The van der Waals surface area contributed by atoms with Gasteiger partial charge >= 0.3 is 0 Å². The maximum atomic E-state index is 13.4. The molecule has 0 radical (unpaired) electrons. The van der Waals surface area contributed by atoms with Crippen molar-refractivity contribution in [3.8, 4) is 5.75 Å². The predicted octanol–water partition coefficient (Wildman–Crippen LogP) is 4.73. The molecule has 1 aliphatic heterocycles. The molecule has 0 spiro atoms. The highest BCUT2D eigenvalue weighted by atomic mass is 19.2. The van der Waals surface area contributed by atoms with Crippen LogP contribution in [0.1, 0.15) is 52.9 Å². The molecule has 1 fully saturated rings. The van der Waals surface area contributed by atoms with Crippen molar-refractivity contribution in [1.29, 1.82) is 0 Å². The quantitative estimate of drug-likeness (QED) is 0.480. The van der Waals surface area contributed by atoms with Gasteiger partial charge in [0.1, 0.15) is 5.75 Å². The molecule has 34 heavy (non-hydrogen) atoms. The molecular weight excluding hydrogens is 436 g/mol. The maximum absolute atomic E-state index is 13.4. The summed E-state index contributed by atoms with van der Waals surface area (Å²) in [5.41, 5.74) is 3.87. The minimum Gasteiger partial charge on any atom is -0.493 e. The number of hydrogen-bond donors (Lipinski definition) is 1. The predicted molar refractivity (Wildman–Crippen MR) is 131 cm³/mol. The number of nitrogens with zero attached hydrogens (tertiary/aromatic N) is 2. The van der Waals surface area contributed by atoms with Crippen LogP contribution in [0.2, 0.25) is 0 Å². The molecule has 3 rings (SSSR count). The van der Waals surface area contributed by atoms with Crippen LogP contribution in [0.4, 0.5) is 8.78 Å². The molecule has 1 atom stereocenters. The molecule has 0 bridgehead atoms. The first-order valence-electron chi connectivity index (χ1n) is 12.0. The molecule has 0 saturated carbocycles. The van der Waals surface area contributed by atoms with E-state index in [4.69, 9.17) is 4.74 Å². The minimum atomic E-state index is -1.01. The number of benzene rings is 2. The first-order chi connectivity index (χ1) is 16.2. The number of carbonyl (C=O) groups excluding carboxylic acids is 1. The van der Waals surface area contributed by atoms with Crippen molar-refractivity contribution in [2.75, 3.05) is 46.9 Å². The average Bonchev–Trinajstić information content (AvgIpc) is 2.76. The van der Waals surface area contributed by atoms with Crippen LogP contribution in [0.5, 0.6) is 5.75 Å². The van der Waals surface area contributed by atoms with Crippen molar-refractivity contribution >= 4 is 5.91 Å². The van der Waals surface area contributed by atoms with Gasteiger partial charge in [-0.3, -0.25) is 9.69 Å². The van der Waals surface area contributed by atoms with E-state index in [0.29, 0.717) is 12.5 Å². The second-order valence-electron chi connectivity index (χ2n) is 9.60. The third kappa shape index (κ3) is 6.54. The van der Waals surface area contributed by atoms with Gasteiger partial charge < -0.3 is 15.0 Å². The van der Waals surface area contributed by atoms with Gasteiger partial charge in [-0.15, -0.1) is 0 Å². The summed E-state index contributed by atoms with van der Waals surface area (Å²) in [5.74, 6) is -1.05. The number of hydrogen-bond acceptors (Lipinski definition) is 4. The molecule has 1 heterocycles. The molecule has 1 aliphatic rings. The van der Waals surface area contributed by atoms with Gasteiger partial charge in [0.25, 0.3) is 5.91 Å². The Kier molecular flexibility index (Phi) is 9.03. The lowest BCUT2D eigenvalue weighted by molar-refractivity contribution is 0.0569. The molecule has 1 amide bonds. The summed E-state index contributed by atoms with van der Waals surface area (Å²) < 4.78 is 32.5. The van der Waals surface area contributed by atoms with E-state index >= 15 is 0 Å². The Morgan fingerprint density at radius 2 is 1.85 bits per heavy atom. The second kappa shape index (κ2) is 11.8. The molecule has 0 aliphatic carbocycles. The Hall–Kier alpha value is -2.51. The number of halogens is 2. The van der Waals surface area contributed by atoms with Crippen LogP contribution in [0.25, 0.3) is 0 Å². The van der Waals surface area contributed by atoms with Crippen molar-refractivity contribution in [2.24, 2.45) is 5.92 Å². The van der Waals surface area contributed by atoms with Crippen molar-refractivity contribution in [2.45, 2.75) is 39.7 Å². The number of unbranched alkanes of at least 4 members (excludes halogenated alkanes) is 1. The number of likely N-dealkylation sites (tertiary alicyclic amines) is 1. The summed E-state index contributed by atoms with van der Waals surface area (Å²) in [6, 6.07) is 7.72. The Labute approximate surface area is 202 Å². The summed E-state index contributed by atoms with van der Waals surface area (Å²) in [5, 5.41) is 2.84. The Morgan fingerprint density at radius 1 is 1.12 bits per heavy atom. The molecule has 7 heteroatoms. The topological polar surface area (TPSA) is 44.8 Å². The van der Waals surface area contributed by atoms with Gasteiger partial charge in [-0.25, -0.2) is 8.78 Å². The largest absolute Gasteiger partial charge is 0.493 e. The van der Waals surface area contributed by atoms with Crippen LogP contribution in [0, 0.1) is 31.4 Å². The number of amides is 1. The fourth-order valence-corrected chi connectivity index (χ4v) is 4.37. The molecule has 1 unspecified atom stereocenters. The highest BCUT2D eigenvalue weighted by molar-refractivity contribution is 5.94. The lowest BCUT2D eigenvalue weighted by Gasteiger charge is -2.44. The molecule has 186 valence electrons. The van der Waals surface area contributed by atoms with Crippen LogP contribution >= 0.6 is 0 Å². The van der Waals surface area contributed by atoms with Crippen LogP contribution in [0.3, 0.4) is 0 Å². The monoisotopic (exact) mass is 473 g/mol. The van der Waals surface area contributed by atoms with Gasteiger partial charge in [-0.2, -0.15) is 0 Å². The lowest BCUT2D eigenvalue weighted by Crippen LogP contribution is -2.52. The van der Waals surface area contributed by atoms with E-state index in [9.17, 15) is 13.6 Å². The zero-order valence-electron chi connectivity index (χ0n) is 21.0. The van der Waals surface area contributed by atoms with Crippen molar-refractivity contribution in [3.63, 3.8) is 0 Å². The van der Waals surface area contributed by atoms with E-state index in [1.54, 1.807) is 0 Å². The van der Waals surface area contributed by atoms with E-state index in [2.05, 4.69) is 62.1 Å². The number of carbonyl (C=O) groups is 1. The van der Waals surface area contributed by atoms with Crippen molar-refractivity contribution in [3.05, 3.63) is 64.2 Å². The van der Waals surface area contributed by atoms with Crippen LogP contribution in [-0.4, -0.2) is 62.6 Å². The number of rotatable bonds is 11. The first-order valence-corrected chi connectivity index (χ1v) is 12.0. The molecule has 2 aromatic rings. The third-order valence-corrected chi connectivity index (χ3v) is 6.75. The standard InChI is InChI=1S/C27H37F2N3O2/c1-18-19(2)26(34-13-7-6-12-31(4)5)11-9-23(18)20(3)32-16-21(17-32)15-30-27(33)22-8-10-24(28)25(29)14-22/h8-11,14,20-21H,6-7,12-13,15-17H2,1-5H3,(H,30,33). The van der Waals surface area contributed by atoms with E-state index in [1.165, 1.54) is 22.8 Å². The van der Waals surface area contributed by atoms with E-state index in [0.717, 1.165) is 57.0 Å². The van der Waals surface area contributed by atoms with Gasteiger partial charge in [-0.1, -0.05) is 6.07 Å². The Morgan fingerprint density at radius 3 is 2.53 bits per heavy atom. The fraction of sp³-hybridized carbons (Fsp3) is 0.519. The van der Waals surface area contributed by atoms with Crippen molar-refractivity contribution in [1.82, 2.24) is 15.1 Å². The smallest absolute Gasteiger partial charge is 0.251 e. The van der Waals surface area contributed by atoms with E-state index in [-0.39, 0.29) is 17.5 Å². The highest BCUT2D eigenvalue weighted by Gasteiger charge is 2.32. The molecule has 0 aromatic heterocycles. The molecule has 2 aromatic carbocycles. The Balaban J connectivity index is 1.46. The van der Waals surface area contributed by atoms with Gasteiger partial charge in [0.05, 0.1) is 6.61 Å². The average molecular weight is 474 g/mol. The van der Waals surface area contributed by atoms with Crippen LogP contribution in [0.15, 0.2) is 30.3 Å². The second-order valence-corrected chi connectivity index (χ2v) is 9.60. The molecule has 1 N–H and O–H groups in total. The summed E-state index contributed by atoms with van der Waals surface area (Å²) in [6.07, 6.45) is 2.16. The molecule has 1 saturated heterocycles. The summed E-state index contributed by atoms with van der Waals surface area (Å²) >= 11 is 0. The maximum Gasteiger partial charge on any atom is 0.251 e. The number of ether oxygens (including phenoxy) is 1. The first kappa shape index (κ1) is 26.1. The summed E-state index contributed by atoms with van der Waals surface area (Å²) in [7, 11) is 4.17. The van der Waals surface area contributed by atoms with Gasteiger partial charge in [0, 0.05) is 37.2 Å². The van der Waals surface area contributed by atoms with Gasteiger partial charge in [-0.05, 0) is 95.2 Å². The zero-order chi connectivity index (χ0) is 24.8. The van der Waals surface area contributed by atoms with Gasteiger partial charge in [0.15, 0.2) is 11.6 Å². The Bertz CT molecular complexity index is 990. The SMILES string of the molecule is Cc1c(OCCCCN(C)C)ccc(C(C)N2CC(CNC(=O)c3ccc(F)c(F)c3)C2)c1C.